The summed E-state index contributed by atoms with van der Waals surface area (Å²) in [6.45, 7) is 12.2. The quantitative estimate of drug-likeness (QED) is 0.696. The number of anilines is 1. The Hall–Kier alpha value is -3.10. The molecule has 1 aliphatic rings. The maximum Gasteiger partial charge on any atom is 0.413 e. The summed E-state index contributed by atoms with van der Waals surface area (Å²) in [6, 6.07) is 3.65. The third kappa shape index (κ3) is 6.45. The van der Waals surface area contributed by atoms with Gasteiger partial charge in [-0.1, -0.05) is 0 Å². The van der Waals surface area contributed by atoms with Gasteiger partial charge in [0.2, 0.25) is 0 Å². The highest BCUT2D eigenvalue weighted by Crippen LogP contribution is 2.34. The lowest BCUT2D eigenvalue weighted by Crippen LogP contribution is -2.42. The van der Waals surface area contributed by atoms with E-state index in [-0.39, 0.29) is 12.0 Å². The first-order valence-electron chi connectivity index (χ1n) is 10.9. The highest BCUT2D eigenvalue weighted by molar-refractivity contribution is 5.84. The maximum atomic E-state index is 12.5. The number of hydrogen-bond donors (Lipinski definition) is 2. The maximum absolute atomic E-state index is 12.5. The third-order valence-corrected chi connectivity index (χ3v) is 4.85. The van der Waals surface area contributed by atoms with Gasteiger partial charge >= 0.3 is 12.2 Å². The Balaban J connectivity index is 1.75. The number of piperidine rings is 1. The first-order chi connectivity index (χ1) is 14.9. The highest BCUT2D eigenvalue weighted by Gasteiger charge is 2.30. The van der Waals surface area contributed by atoms with E-state index in [1.165, 1.54) is 0 Å². The number of nitrogens with zero attached hydrogens (tertiary/aromatic N) is 3. The predicted molar refractivity (Wildman–Crippen MR) is 121 cm³/mol. The van der Waals surface area contributed by atoms with Gasteiger partial charge in [-0.3, -0.25) is 10.4 Å². The van der Waals surface area contributed by atoms with Crippen LogP contribution in [0.1, 0.15) is 66.0 Å². The Kier molecular flexibility index (Phi) is 6.76. The molecule has 0 bridgehead atoms. The van der Waals surface area contributed by atoms with Crippen molar-refractivity contribution in [1.82, 2.24) is 20.1 Å². The smallest absolute Gasteiger partial charge is 0.413 e. The molecule has 0 radical (unpaired) electrons. The number of pyridine rings is 1. The van der Waals surface area contributed by atoms with Crippen molar-refractivity contribution in [3.8, 4) is 11.1 Å². The van der Waals surface area contributed by atoms with Crippen LogP contribution >= 0.6 is 0 Å². The van der Waals surface area contributed by atoms with Crippen LogP contribution in [0.4, 0.5) is 15.4 Å². The van der Waals surface area contributed by atoms with E-state index in [1.54, 1.807) is 44.1 Å². The van der Waals surface area contributed by atoms with Crippen LogP contribution in [-0.2, 0) is 9.47 Å². The van der Waals surface area contributed by atoms with Gasteiger partial charge in [0.05, 0.1) is 6.20 Å². The summed E-state index contributed by atoms with van der Waals surface area (Å²) in [4.78, 5) is 30.6. The second-order valence-corrected chi connectivity index (χ2v) is 10.0. The minimum Gasteiger partial charge on any atom is -0.444 e. The van der Waals surface area contributed by atoms with E-state index in [1.807, 2.05) is 26.8 Å². The molecule has 0 unspecified atom stereocenters. The number of aromatic amines is 1. The van der Waals surface area contributed by atoms with E-state index in [9.17, 15) is 9.59 Å². The lowest BCUT2D eigenvalue weighted by molar-refractivity contribution is 0.0197. The Morgan fingerprint density at radius 1 is 1.16 bits per heavy atom. The van der Waals surface area contributed by atoms with Crippen LogP contribution in [0.2, 0.25) is 0 Å². The number of amides is 2. The molecule has 2 N–H and O–H groups in total. The van der Waals surface area contributed by atoms with Crippen LogP contribution in [-0.4, -0.2) is 56.6 Å². The average molecular weight is 444 g/mol. The number of likely N-dealkylation sites (tertiary alicyclic amines) is 1. The average Bonchev–Trinajstić information content (AvgIpc) is 3.15. The minimum absolute atomic E-state index is 0.101. The number of carbonyl (C=O) groups excluding carboxylic acids is 2. The first kappa shape index (κ1) is 23.6. The van der Waals surface area contributed by atoms with Crippen LogP contribution in [0.5, 0.6) is 0 Å². The fourth-order valence-electron chi connectivity index (χ4n) is 3.62. The molecule has 1 fully saturated rings. The van der Waals surface area contributed by atoms with Gasteiger partial charge < -0.3 is 14.4 Å². The third-order valence-electron chi connectivity index (χ3n) is 4.85. The molecule has 1 aliphatic heterocycles. The number of aromatic nitrogens is 3. The molecular formula is C23H33N5O4. The van der Waals surface area contributed by atoms with Crippen LogP contribution in [0.15, 0.2) is 24.5 Å². The second kappa shape index (κ2) is 9.18. The lowest BCUT2D eigenvalue weighted by atomic mass is 9.91. The molecule has 3 rings (SSSR count). The summed E-state index contributed by atoms with van der Waals surface area (Å²) < 4.78 is 10.8. The molecule has 2 amide bonds. The van der Waals surface area contributed by atoms with Gasteiger partial charge in [-0.15, -0.1) is 0 Å². The SMILES string of the molecule is CC(C)(C)OC(=O)Nc1cc(-c2cn[nH]c2[C@@H]2CCCN(C(=O)OC(C)(C)C)C2)ccn1. The van der Waals surface area contributed by atoms with Crippen molar-refractivity contribution in [1.29, 1.82) is 0 Å². The first-order valence-corrected chi connectivity index (χ1v) is 10.9. The summed E-state index contributed by atoms with van der Waals surface area (Å²) in [5.41, 5.74) is 1.60. The molecule has 1 saturated heterocycles. The molecule has 32 heavy (non-hydrogen) atoms. The molecule has 0 aromatic carbocycles. The van der Waals surface area contributed by atoms with Crippen molar-refractivity contribution in [2.45, 2.75) is 71.5 Å². The number of H-pyrrole nitrogens is 1. The van der Waals surface area contributed by atoms with Crippen molar-refractivity contribution in [3.05, 3.63) is 30.2 Å². The summed E-state index contributed by atoms with van der Waals surface area (Å²) in [7, 11) is 0. The molecule has 0 saturated carbocycles. The van der Waals surface area contributed by atoms with E-state index in [0.717, 1.165) is 29.7 Å². The van der Waals surface area contributed by atoms with Gasteiger partial charge in [0.25, 0.3) is 0 Å². The molecule has 9 nitrogen and oxygen atoms in total. The Morgan fingerprint density at radius 3 is 2.56 bits per heavy atom. The van der Waals surface area contributed by atoms with Crippen molar-refractivity contribution < 1.29 is 19.1 Å². The summed E-state index contributed by atoms with van der Waals surface area (Å²) in [5, 5.41) is 10.0. The molecule has 0 aliphatic carbocycles. The van der Waals surface area contributed by atoms with E-state index < -0.39 is 17.3 Å². The summed E-state index contributed by atoms with van der Waals surface area (Å²) >= 11 is 0. The molecule has 2 aromatic heterocycles. The largest absolute Gasteiger partial charge is 0.444 e. The number of ether oxygens (including phenoxy) is 2. The molecule has 0 spiro atoms. The van der Waals surface area contributed by atoms with E-state index in [0.29, 0.717) is 18.9 Å². The normalized spacial score (nSPS) is 17.1. The molecule has 3 heterocycles. The van der Waals surface area contributed by atoms with Crippen molar-refractivity contribution >= 4 is 18.0 Å². The Bertz CT molecular complexity index is 958. The number of nitrogens with one attached hydrogen (secondary N) is 2. The fourth-order valence-corrected chi connectivity index (χ4v) is 3.62. The Morgan fingerprint density at radius 2 is 1.88 bits per heavy atom. The van der Waals surface area contributed by atoms with Crippen LogP contribution < -0.4 is 5.32 Å². The van der Waals surface area contributed by atoms with Crippen molar-refractivity contribution in [3.63, 3.8) is 0 Å². The summed E-state index contributed by atoms with van der Waals surface area (Å²) in [6.07, 6.45) is 4.35. The standard InChI is InChI=1S/C23H33N5O4/c1-22(2,3)31-20(29)26-18-12-15(9-10-24-18)17-13-25-27-19(17)16-8-7-11-28(14-16)21(30)32-23(4,5)6/h9-10,12-13,16H,7-8,11,14H2,1-6H3,(H,25,27)(H,24,26,29)/t16-/m1/s1. The molecular weight excluding hydrogens is 410 g/mol. The van der Waals surface area contributed by atoms with Gasteiger partial charge in [-0.05, 0) is 72.1 Å². The van der Waals surface area contributed by atoms with E-state index >= 15 is 0 Å². The van der Waals surface area contributed by atoms with Gasteiger partial charge in [0.1, 0.15) is 17.0 Å². The molecule has 2 aromatic rings. The fraction of sp³-hybridized carbons (Fsp3) is 0.565. The molecule has 9 heteroatoms. The van der Waals surface area contributed by atoms with Gasteiger partial charge in [-0.2, -0.15) is 5.10 Å². The molecule has 174 valence electrons. The lowest BCUT2D eigenvalue weighted by Gasteiger charge is -2.34. The van der Waals surface area contributed by atoms with Crippen LogP contribution in [0.25, 0.3) is 11.1 Å². The number of rotatable bonds is 3. The van der Waals surface area contributed by atoms with Crippen molar-refractivity contribution in [2.24, 2.45) is 0 Å². The second-order valence-electron chi connectivity index (χ2n) is 10.0. The monoisotopic (exact) mass is 443 g/mol. The highest BCUT2D eigenvalue weighted by atomic mass is 16.6. The van der Waals surface area contributed by atoms with Gasteiger partial charge in [0, 0.05) is 36.5 Å². The zero-order valence-corrected chi connectivity index (χ0v) is 19.7. The number of carbonyl (C=O) groups is 2. The number of hydrogen-bond acceptors (Lipinski definition) is 6. The van der Waals surface area contributed by atoms with Crippen LogP contribution in [0.3, 0.4) is 0 Å². The Labute approximate surface area is 188 Å². The predicted octanol–water partition coefficient (Wildman–Crippen LogP) is 4.93. The van der Waals surface area contributed by atoms with Gasteiger partial charge in [0.15, 0.2) is 0 Å². The minimum atomic E-state index is -0.597. The zero-order valence-electron chi connectivity index (χ0n) is 19.7. The summed E-state index contributed by atoms with van der Waals surface area (Å²) in [5.74, 6) is 0.493. The van der Waals surface area contributed by atoms with Gasteiger partial charge in [-0.25, -0.2) is 14.6 Å². The molecule has 1 atom stereocenters. The van der Waals surface area contributed by atoms with Crippen molar-refractivity contribution in [2.75, 3.05) is 18.4 Å². The van der Waals surface area contributed by atoms with Crippen LogP contribution in [0, 0.1) is 0 Å². The van der Waals surface area contributed by atoms with E-state index in [2.05, 4.69) is 20.5 Å². The zero-order chi connectivity index (χ0) is 23.5. The van der Waals surface area contributed by atoms with E-state index in [4.69, 9.17) is 9.47 Å². The topological polar surface area (TPSA) is 109 Å².